The van der Waals surface area contributed by atoms with Crippen LogP contribution >= 0.6 is 11.6 Å². The van der Waals surface area contributed by atoms with E-state index in [0.717, 1.165) is 35.7 Å². The second-order valence-corrected chi connectivity index (χ2v) is 4.95. The van der Waals surface area contributed by atoms with Gasteiger partial charge >= 0.3 is 0 Å². The first kappa shape index (κ1) is 13.7. The maximum absolute atomic E-state index is 6.28. The van der Waals surface area contributed by atoms with Gasteiger partial charge in [-0.15, -0.1) is 0 Å². The molecule has 5 heteroatoms. The zero-order valence-electron chi connectivity index (χ0n) is 11.5. The largest absolute Gasteiger partial charge is 0.399 e. The van der Waals surface area contributed by atoms with Gasteiger partial charge in [-0.25, -0.2) is 0 Å². The summed E-state index contributed by atoms with van der Waals surface area (Å²) in [5.74, 6) is 0. The molecule has 1 aromatic carbocycles. The molecular formula is C14H19ClN4. The standard InChI is InChI=1S/C14H19ClN4/c1-4-19(12-7-5-6-11(16)8-12)9-13-10(2)17-18(3)14(13)15/h5-8H,4,9,16H2,1-3H3. The lowest BCUT2D eigenvalue weighted by Gasteiger charge is -2.23. The molecule has 2 aromatic rings. The van der Waals surface area contributed by atoms with Crippen LogP contribution < -0.4 is 10.6 Å². The Morgan fingerprint density at radius 2 is 2.16 bits per heavy atom. The molecule has 0 aliphatic carbocycles. The van der Waals surface area contributed by atoms with Crippen LogP contribution in [0.5, 0.6) is 0 Å². The highest BCUT2D eigenvalue weighted by Gasteiger charge is 2.14. The highest BCUT2D eigenvalue weighted by Crippen LogP contribution is 2.24. The predicted octanol–water partition coefficient (Wildman–Crippen LogP) is 2.99. The summed E-state index contributed by atoms with van der Waals surface area (Å²) in [6.07, 6.45) is 0. The van der Waals surface area contributed by atoms with Crippen molar-refractivity contribution in [1.82, 2.24) is 9.78 Å². The van der Waals surface area contributed by atoms with E-state index in [1.807, 2.05) is 32.2 Å². The molecular weight excluding hydrogens is 260 g/mol. The fourth-order valence-corrected chi connectivity index (χ4v) is 2.39. The maximum atomic E-state index is 6.28. The van der Waals surface area contributed by atoms with Gasteiger partial charge in [-0.2, -0.15) is 5.10 Å². The van der Waals surface area contributed by atoms with E-state index in [1.54, 1.807) is 4.68 Å². The first-order chi connectivity index (χ1) is 9.02. The van der Waals surface area contributed by atoms with Crippen molar-refractivity contribution in [2.45, 2.75) is 20.4 Å². The fourth-order valence-electron chi connectivity index (χ4n) is 2.15. The average molecular weight is 279 g/mol. The first-order valence-electron chi connectivity index (χ1n) is 6.31. The smallest absolute Gasteiger partial charge is 0.131 e. The number of benzene rings is 1. The van der Waals surface area contributed by atoms with Crippen LogP contribution in [0.2, 0.25) is 5.15 Å². The van der Waals surface area contributed by atoms with Gasteiger partial charge in [0.25, 0.3) is 0 Å². The zero-order chi connectivity index (χ0) is 14.0. The SMILES string of the molecule is CCN(Cc1c(C)nn(C)c1Cl)c1cccc(N)c1. The molecule has 0 aliphatic rings. The molecule has 0 fully saturated rings. The molecule has 1 heterocycles. The Morgan fingerprint density at radius 3 is 2.68 bits per heavy atom. The lowest BCUT2D eigenvalue weighted by Crippen LogP contribution is -2.22. The topological polar surface area (TPSA) is 47.1 Å². The lowest BCUT2D eigenvalue weighted by molar-refractivity contribution is 0.757. The Balaban J connectivity index is 2.29. The van der Waals surface area contributed by atoms with Crippen LogP contribution in [0.1, 0.15) is 18.2 Å². The molecule has 102 valence electrons. The van der Waals surface area contributed by atoms with E-state index in [0.29, 0.717) is 5.15 Å². The molecule has 0 aliphatic heterocycles. The zero-order valence-corrected chi connectivity index (χ0v) is 12.3. The van der Waals surface area contributed by atoms with E-state index in [1.165, 1.54) is 0 Å². The number of nitrogens with zero attached hydrogens (tertiary/aromatic N) is 3. The van der Waals surface area contributed by atoms with Gasteiger partial charge in [-0.05, 0) is 32.0 Å². The van der Waals surface area contributed by atoms with Gasteiger partial charge in [0.15, 0.2) is 0 Å². The van der Waals surface area contributed by atoms with Crippen molar-refractivity contribution >= 4 is 23.0 Å². The average Bonchev–Trinajstić information content (AvgIpc) is 2.61. The normalized spacial score (nSPS) is 10.7. The number of hydrogen-bond donors (Lipinski definition) is 1. The van der Waals surface area contributed by atoms with E-state index in [4.69, 9.17) is 17.3 Å². The number of nitrogen functional groups attached to an aromatic ring is 1. The van der Waals surface area contributed by atoms with Crippen LogP contribution in [-0.4, -0.2) is 16.3 Å². The molecule has 1 aromatic heterocycles. The lowest BCUT2D eigenvalue weighted by atomic mass is 10.2. The summed E-state index contributed by atoms with van der Waals surface area (Å²) in [5.41, 5.74) is 9.74. The summed E-state index contributed by atoms with van der Waals surface area (Å²) in [5, 5.41) is 5.04. The summed E-state index contributed by atoms with van der Waals surface area (Å²) in [4.78, 5) is 2.23. The summed E-state index contributed by atoms with van der Waals surface area (Å²) in [6, 6.07) is 7.88. The highest BCUT2D eigenvalue weighted by atomic mass is 35.5. The number of aromatic nitrogens is 2. The molecule has 2 rings (SSSR count). The van der Waals surface area contributed by atoms with E-state index in [2.05, 4.69) is 23.0 Å². The minimum atomic E-state index is 0.694. The minimum absolute atomic E-state index is 0.694. The Kier molecular flexibility index (Phi) is 4.00. The van der Waals surface area contributed by atoms with Gasteiger partial charge in [-0.1, -0.05) is 17.7 Å². The quantitative estimate of drug-likeness (QED) is 0.875. The molecule has 2 N–H and O–H groups in total. The van der Waals surface area contributed by atoms with Gasteiger partial charge in [0.1, 0.15) is 5.15 Å². The number of anilines is 2. The Morgan fingerprint density at radius 1 is 1.42 bits per heavy atom. The van der Waals surface area contributed by atoms with Gasteiger partial charge in [0, 0.05) is 37.1 Å². The van der Waals surface area contributed by atoms with Crippen LogP contribution in [0.4, 0.5) is 11.4 Å². The van der Waals surface area contributed by atoms with Gasteiger partial charge in [0.2, 0.25) is 0 Å². The van der Waals surface area contributed by atoms with E-state index in [9.17, 15) is 0 Å². The molecule has 0 saturated heterocycles. The molecule has 0 saturated carbocycles. The van der Waals surface area contributed by atoms with E-state index >= 15 is 0 Å². The van der Waals surface area contributed by atoms with Crippen molar-refractivity contribution < 1.29 is 0 Å². The van der Waals surface area contributed by atoms with Crippen LogP contribution in [0.3, 0.4) is 0 Å². The molecule has 0 amide bonds. The third-order valence-corrected chi connectivity index (χ3v) is 3.71. The predicted molar refractivity (Wildman–Crippen MR) is 80.5 cm³/mol. The van der Waals surface area contributed by atoms with Crippen LogP contribution in [-0.2, 0) is 13.6 Å². The maximum Gasteiger partial charge on any atom is 0.131 e. The summed E-state index contributed by atoms with van der Waals surface area (Å²) in [6.45, 7) is 5.71. The Hall–Kier alpha value is -1.68. The van der Waals surface area contributed by atoms with Crippen molar-refractivity contribution in [2.24, 2.45) is 7.05 Å². The molecule has 4 nitrogen and oxygen atoms in total. The number of rotatable bonds is 4. The molecule has 0 radical (unpaired) electrons. The van der Waals surface area contributed by atoms with E-state index in [-0.39, 0.29) is 0 Å². The van der Waals surface area contributed by atoms with Crippen LogP contribution in [0, 0.1) is 6.92 Å². The Labute approximate surface area is 118 Å². The van der Waals surface area contributed by atoms with Crippen molar-refractivity contribution in [3.05, 3.63) is 40.7 Å². The molecule has 0 unspecified atom stereocenters. The monoisotopic (exact) mass is 278 g/mol. The third-order valence-electron chi connectivity index (χ3n) is 3.24. The van der Waals surface area contributed by atoms with Crippen molar-refractivity contribution in [1.29, 1.82) is 0 Å². The first-order valence-corrected chi connectivity index (χ1v) is 6.69. The van der Waals surface area contributed by atoms with Gasteiger partial charge in [0.05, 0.1) is 5.69 Å². The van der Waals surface area contributed by atoms with Crippen LogP contribution in [0.15, 0.2) is 24.3 Å². The van der Waals surface area contributed by atoms with Gasteiger partial charge in [-0.3, -0.25) is 4.68 Å². The number of hydrogen-bond acceptors (Lipinski definition) is 3. The molecule has 19 heavy (non-hydrogen) atoms. The second kappa shape index (κ2) is 5.53. The number of aryl methyl sites for hydroxylation is 2. The highest BCUT2D eigenvalue weighted by molar-refractivity contribution is 6.30. The molecule has 0 spiro atoms. The second-order valence-electron chi connectivity index (χ2n) is 4.59. The van der Waals surface area contributed by atoms with Crippen molar-refractivity contribution in [2.75, 3.05) is 17.2 Å². The molecule has 0 atom stereocenters. The third kappa shape index (κ3) is 2.84. The van der Waals surface area contributed by atoms with Crippen molar-refractivity contribution in [3.8, 4) is 0 Å². The summed E-state index contributed by atoms with van der Waals surface area (Å²) < 4.78 is 1.71. The summed E-state index contributed by atoms with van der Waals surface area (Å²) in [7, 11) is 1.86. The van der Waals surface area contributed by atoms with Crippen LogP contribution in [0.25, 0.3) is 0 Å². The number of nitrogens with two attached hydrogens (primary N) is 1. The minimum Gasteiger partial charge on any atom is -0.399 e. The fraction of sp³-hybridized carbons (Fsp3) is 0.357. The molecule has 0 bridgehead atoms. The van der Waals surface area contributed by atoms with E-state index < -0.39 is 0 Å². The van der Waals surface area contributed by atoms with Crippen molar-refractivity contribution in [3.63, 3.8) is 0 Å². The Bertz CT molecular complexity index is 577. The summed E-state index contributed by atoms with van der Waals surface area (Å²) >= 11 is 6.28. The number of halogens is 1. The van der Waals surface area contributed by atoms with Gasteiger partial charge < -0.3 is 10.6 Å².